The third-order valence-electron chi connectivity index (χ3n) is 5.63. The van der Waals surface area contributed by atoms with Crippen LogP contribution in [0.3, 0.4) is 0 Å². The van der Waals surface area contributed by atoms with Gasteiger partial charge in [0.25, 0.3) is 5.91 Å². The molecule has 1 amide bonds. The summed E-state index contributed by atoms with van der Waals surface area (Å²) in [6.45, 7) is 6.05. The third kappa shape index (κ3) is 3.98. The van der Waals surface area contributed by atoms with Gasteiger partial charge >= 0.3 is 0 Å². The van der Waals surface area contributed by atoms with Crippen molar-refractivity contribution in [3.05, 3.63) is 59.8 Å². The number of amides is 1. The van der Waals surface area contributed by atoms with Gasteiger partial charge in [0.05, 0.1) is 6.61 Å². The highest BCUT2D eigenvalue weighted by atomic mass is 16.5. The maximum atomic E-state index is 13.2. The Labute approximate surface area is 161 Å². The fourth-order valence-electron chi connectivity index (χ4n) is 4.33. The fraction of sp³-hybridized carbons (Fsp3) is 0.455. The summed E-state index contributed by atoms with van der Waals surface area (Å²) < 4.78 is 5.58. The van der Waals surface area contributed by atoms with Gasteiger partial charge in [-0.2, -0.15) is 0 Å². The third-order valence-corrected chi connectivity index (χ3v) is 5.63. The highest BCUT2D eigenvalue weighted by Crippen LogP contribution is 2.30. The lowest BCUT2D eigenvalue weighted by atomic mass is 9.94. The van der Waals surface area contributed by atoms with Crippen LogP contribution in [0.15, 0.2) is 48.7 Å². The van der Waals surface area contributed by atoms with Crippen molar-refractivity contribution in [3.63, 3.8) is 0 Å². The maximum Gasteiger partial charge on any atom is 0.259 e. The second kappa shape index (κ2) is 8.09. The zero-order valence-electron chi connectivity index (χ0n) is 15.9. The minimum Gasteiger partial charge on any atom is -0.477 e. The van der Waals surface area contributed by atoms with Gasteiger partial charge in [0.1, 0.15) is 5.56 Å². The summed E-state index contributed by atoms with van der Waals surface area (Å²) in [5.41, 5.74) is 1.92. The summed E-state index contributed by atoms with van der Waals surface area (Å²) in [5.74, 6) is 1.02. The first-order valence-corrected chi connectivity index (χ1v) is 9.89. The zero-order chi connectivity index (χ0) is 18.6. The van der Waals surface area contributed by atoms with Crippen LogP contribution in [-0.2, 0) is 6.54 Å². The number of hydrogen-bond acceptors (Lipinski definition) is 4. The van der Waals surface area contributed by atoms with Gasteiger partial charge in [-0.15, -0.1) is 0 Å². The number of nitrogens with zero attached hydrogens (tertiary/aromatic N) is 3. The average Bonchev–Trinajstić information content (AvgIpc) is 3.01. The highest BCUT2D eigenvalue weighted by molar-refractivity contribution is 5.96. The molecule has 0 unspecified atom stereocenters. The molecule has 3 saturated heterocycles. The second-order valence-electron chi connectivity index (χ2n) is 7.51. The number of carbonyl (C=O) groups excluding carboxylic acids is 1. The van der Waals surface area contributed by atoms with Gasteiger partial charge in [0.2, 0.25) is 5.88 Å². The predicted octanol–water partition coefficient (Wildman–Crippen LogP) is 3.22. The molecular weight excluding hydrogens is 338 g/mol. The van der Waals surface area contributed by atoms with E-state index in [1.807, 2.05) is 24.0 Å². The summed E-state index contributed by atoms with van der Waals surface area (Å²) in [5, 5.41) is 0. The highest BCUT2D eigenvalue weighted by Gasteiger charge is 2.37. The normalized spacial score (nSPS) is 22.5. The maximum absolute atomic E-state index is 13.2. The molecule has 0 N–H and O–H groups in total. The van der Waals surface area contributed by atoms with E-state index in [0.717, 1.165) is 32.6 Å². The van der Waals surface area contributed by atoms with Crippen LogP contribution in [0.4, 0.5) is 0 Å². The number of rotatable bonds is 5. The van der Waals surface area contributed by atoms with E-state index in [1.165, 1.54) is 12.0 Å². The van der Waals surface area contributed by atoms with Gasteiger partial charge in [-0.1, -0.05) is 30.3 Å². The smallest absolute Gasteiger partial charge is 0.259 e. The minimum atomic E-state index is 0.0463. The van der Waals surface area contributed by atoms with E-state index >= 15 is 0 Å². The minimum absolute atomic E-state index is 0.0463. The van der Waals surface area contributed by atoms with Crippen LogP contribution in [0.1, 0.15) is 35.7 Å². The molecule has 3 fully saturated rings. The predicted molar refractivity (Wildman–Crippen MR) is 105 cm³/mol. The Hall–Kier alpha value is -2.40. The van der Waals surface area contributed by atoms with Crippen LogP contribution in [0.2, 0.25) is 0 Å². The van der Waals surface area contributed by atoms with Crippen LogP contribution in [0, 0.1) is 5.92 Å². The Morgan fingerprint density at radius 2 is 1.96 bits per heavy atom. The molecule has 5 heteroatoms. The molecule has 0 aliphatic carbocycles. The summed E-state index contributed by atoms with van der Waals surface area (Å²) >= 11 is 0. The molecule has 2 aromatic rings. The SMILES string of the molecule is CCOc1ncccc1C(=O)N1C[C@H]2CC[C@@H](C1)N(Cc1ccccc1)C2. The van der Waals surface area contributed by atoms with E-state index in [-0.39, 0.29) is 5.91 Å². The van der Waals surface area contributed by atoms with Crippen molar-refractivity contribution in [2.45, 2.75) is 32.4 Å². The van der Waals surface area contributed by atoms with E-state index in [9.17, 15) is 4.79 Å². The Morgan fingerprint density at radius 1 is 1.11 bits per heavy atom. The number of piperidine rings is 1. The van der Waals surface area contributed by atoms with E-state index in [1.54, 1.807) is 6.20 Å². The van der Waals surface area contributed by atoms with Crippen molar-refractivity contribution in [3.8, 4) is 5.88 Å². The number of hydrogen-bond donors (Lipinski definition) is 0. The number of carbonyl (C=O) groups is 1. The van der Waals surface area contributed by atoms with Gasteiger partial charge < -0.3 is 9.64 Å². The van der Waals surface area contributed by atoms with Gasteiger partial charge in [-0.05, 0) is 43.4 Å². The van der Waals surface area contributed by atoms with Crippen molar-refractivity contribution in [2.24, 2.45) is 5.92 Å². The molecule has 5 rings (SSSR count). The van der Waals surface area contributed by atoms with Crippen molar-refractivity contribution >= 4 is 5.91 Å². The molecule has 2 bridgehead atoms. The van der Waals surface area contributed by atoms with E-state index in [4.69, 9.17) is 4.74 Å². The van der Waals surface area contributed by atoms with Gasteiger partial charge in [-0.3, -0.25) is 9.69 Å². The molecule has 142 valence electrons. The Bertz CT molecular complexity index is 780. The Balaban J connectivity index is 1.51. The topological polar surface area (TPSA) is 45.7 Å². The van der Waals surface area contributed by atoms with Crippen LogP contribution in [0.5, 0.6) is 5.88 Å². The van der Waals surface area contributed by atoms with Gasteiger partial charge in [0, 0.05) is 38.4 Å². The lowest BCUT2D eigenvalue weighted by Crippen LogP contribution is -2.43. The standard InChI is InChI=1S/C22H27N3O2/c1-2-27-21-20(9-6-12-23-21)22(26)25-15-18-10-11-19(16-25)24(14-18)13-17-7-4-3-5-8-17/h3-9,12,18-19H,2,10-11,13-16H2,1H3/t18-,19-/m0/s1. The van der Waals surface area contributed by atoms with Crippen molar-refractivity contribution in [1.29, 1.82) is 0 Å². The second-order valence-corrected chi connectivity index (χ2v) is 7.51. The number of benzene rings is 1. The zero-order valence-corrected chi connectivity index (χ0v) is 15.9. The molecule has 0 saturated carbocycles. The molecule has 5 nitrogen and oxygen atoms in total. The number of ether oxygens (including phenoxy) is 1. The van der Waals surface area contributed by atoms with Crippen LogP contribution in [0.25, 0.3) is 0 Å². The van der Waals surface area contributed by atoms with Gasteiger partial charge in [-0.25, -0.2) is 4.98 Å². The molecule has 27 heavy (non-hydrogen) atoms. The monoisotopic (exact) mass is 365 g/mol. The summed E-state index contributed by atoms with van der Waals surface area (Å²) in [4.78, 5) is 22.1. The Morgan fingerprint density at radius 3 is 2.78 bits per heavy atom. The van der Waals surface area contributed by atoms with E-state index in [2.05, 4.69) is 40.2 Å². The summed E-state index contributed by atoms with van der Waals surface area (Å²) in [7, 11) is 0. The lowest BCUT2D eigenvalue weighted by Gasteiger charge is -2.36. The Kier molecular flexibility index (Phi) is 5.39. The lowest BCUT2D eigenvalue weighted by molar-refractivity contribution is 0.0731. The summed E-state index contributed by atoms with van der Waals surface area (Å²) in [6.07, 6.45) is 4.03. The van der Waals surface area contributed by atoms with Crippen molar-refractivity contribution in [1.82, 2.24) is 14.8 Å². The molecule has 0 radical (unpaired) electrons. The van der Waals surface area contributed by atoms with Crippen LogP contribution >= 0.6 is 0 Å². The molecule has 3 aliphatic rings. The van der Waals surface area contributed by atoms with Crippen molar-refractivity contribution < 1.29 is 9.53 Å². The fourth-order valence-corrected chi connectivity index (χ4v) is 4.33. The van der Waals surface area contributed by atoms with Gasteiger partial charge in [0.15, 0.2) is 0 Å². The van der Waals surface area contributed by atoms with Crippen LogP contribution in [-0.4, -0.2) is 53.0 Å². The molecule has 1 aromatic heterocycles. The molecule has 3 aliphatic heterocycles. The summed E-state index contributed by atoms with van der Waals surface area (Å²) in [6, 6.07) is 14.7. The molecule has 1 aromatic carbocycles. The molecular formula is C22H27N3O2. The molecule has 4 heterocycles. The number of fused-ring (bicyclic) bond motifs is 4. The van der Waals surface area contributed by atoms with E-state index in [0.29, 0.717) is 30.0 Å². The first kappa shape index (κ1) is 18.0. The quantitative estimate of drug-likeness (QED) is 0.816. The first-order valence-electron chi connectivity index (χ1n) is 9.89. The van der Waals surface area contributed by atoms with Crippen molar-refractivity contribution in [2.75, 3.05) is 26.2 Å². The first-order chi connectivity index (χ1) is 13.2. The number of pyridine rings is 1. The van der Waals surface area contributed by atoms with Crippen LogP contribution < -0.4 is 4.74 Å². The average molecular weight is 365 g/mol. The molecule has 2 atom stereocenters. The number of aromatic nitrogens is 1. The van der Waals surface area contributed by atoms with E-state index < -0.39 is 0 Å². The largest absolute Gasteiger partial charge is 0.477 e. The molecule has 0 spiro atoms.